The Labute approximate surface area is 141 Å². The van der Waals surface area contributed by atoms with E-state index in [1.807, 2.05) is 16.8 Å². The fourth-order valence-corrected chi connectivity index (χ4v) is 3.84. The molecule has 24 heavy (non-hydrogen) atoms. The van der Waals surface area contributed by atoms with Crippen molar-refractivity contribution < 1.29 is 9.18 Å². The second-order valence-electron chi connectivity index (χ2n) is 6.95. The topological polar surface area (TPSA) is 46.9 Å². The zero-order valence-corrected chi connectivity index (χ0v) is 13.6. The molecule has 1 aromatic carbocycles. The van der Waals surface area contributed by atoms with Crippen LogP contribution in [-0.2, 0) is 4.79 Å². The molecule has 0 saturated heterocycles. The van der Waals surface area contributed by atoms with Crippen LogP contribution in [0.4, 0.5) is 10.2 Å². The van der Waals surface area contributed by atoms with Crippen LogP contribution in [-0.4, -0.2) is 15.7 Å². The predicted octanol–water partition coefficient (Wildman–Crippen LogP) is 4.27. The van der Waals surface area contributed by atoms with E-state index < -0.39 is 0 Å². The summed E-state index contributed by atoms with van der Waals surface area (Å²) in [7, 11) is 0. The first-order chi connectivity index (χ1) is 11.7. The van der Waals surface area contributed by atoms with Crippen molar-refractivity contribution in [2.24, 2.45) is 5.92 Å². The standard InChI is InChI=1S/C19H22FN3O/c20-14-6-4-5-13(11-14)16-12-17(16)19(24)22-18-9-10-21-23(18)15-7-2-1-3-8-15/h4-6,9-11,15-17H,1-3,7-8,12H2,(H,22,24)/t16-,17+/m1/s1. The van der Waals surface area contributed by atoms with Gasteiger partial charge in [-0.2, -0.15) is 5.10 Å². The largest absolute Gasteiger partial charge is 0.311 e. The summed E-state index contributed by atoms with van der Waals surface area (Å²) in [5.41, 5.74) is 0.913. The molecule has 2 saturated carbocycles. The number of carbonyl (C=O) groups excluding carboxylic acids is 1. The number of hydrogen-bond acceptors (Lipinski definition) is 2. The average molecular weight is 327 g/mol. The van der Waals surface area contributed by atoms with Crippen LogP contribution in [0.25, 0.3) is 0 Å². The molecular weight excluding hydrogens is 305 g/mol. The van der Waals surface area contributed by atoms with E-state index >= 15 is 0 Å². The van der Waals surface area contributed by atoms with Crippen LogP contribution >= 0.6 is 0 Å². The minimum Gasteiger partial charge on any atom is -0.311 e. The highest BCUT2D eigenvalue weighted by molar-refractivity contribution is 5.94. The number of rotatable bonds is 4. The summed E-state index contributed by atoms with van der Waals surface area (Å²) >= 11 is 0. The van der Waals surface area contributed by atoms with Gasteiger partial charge in [0.05, 0.1) is 12.2 Å². The predicted molar refractivity (Wildman–Crippen MR) is 90.2 cm³/mol. The summed E-state index contributed by atoms with van der Waals surface area (Å²) in [5, 5.41) is 7.45. The van der Waals surface area contributed by atoms with E-state index in [9.17, 15) is 9.18 Å². The maximum absolute atomic E-state index is 13.3. The molecule has 1 aromatic heterocycles. The number of halogens is 1. The molecule has 2 aliphatic rings. The lowest BCUT2D eigenvalue weighted by Crippen LogP contribution is -2.21. The first-order valence-electron chi connectivity index (χ1n) is 8.82. The first kappa shape index (κ1) is 15.4. The summed E-state index contributed by atoms with van der Waals surface area (Å²) in [6.45, 7) is 0. The SMILES string of the molecule is O=C(Nc1ccnn1C1CCCCC1)[C@H]1C[C@@H]1c1cccc(F)c1. The van der Waals surface area contributed by atoms with Gasteiger partial charge in [-0.25, -0.2) is 9.07 Å². The van der Waals surface area contributed by atoms with Gasteiger partial charge in [0.25, 0.3) is 0 Å². The molecule has 4 rings (SSSR count). The Kier molecular flexibility index (Phi) is 4.08. The molecule has 2 aliphatic carbocycles. The zero-order chi connectivity index (χ0) is 16.5. The van der Waals surface area contributed by atoms with Crippen molar-refractivity contribution in [1.29, 1.82) is 0 Å². The third-order valence-electron chi connectivity index (χ3n) is 5.25. The van der Waals surface area contributed by atoms with Gasteiger partial charge in [-0.3, -0.25) is 4.79 Å². The van der Waals surface area contributed by atoms with E-state index in [0.717, 1.165) is 30.6 Å². The van der Waals surface area contributed by atoms with Crippen LogP contribution in [0.3, 0.4) is 0 Å². The first-order valence-corrected chi connectivity index (χ1v) is 8.82. The third kappa shape index (κ3) is 3.07. The Morgan fingerprint density at radius 3 is 2.83 bits per heavy atom. The fourth-order valence-electron chi connectivity index (χ4n) is 3.84. The lowest BCUT2D eigenvalue weighted by Gasteiger charge is -2.23. The summed E-state index contributed by atoms with van der Waals surface area (Å²) in [6, 6.07) is 8.82. The maximum atomic E-state index is 13.3. The number of anilines is 1. The third-order valence-corrected chi connectivity index (χ3v) is 5.25. The van der Waals surface area contributed by atoms with Crippen molar-refractivity contribution in [2.75, 3.05) is 5.32 Å². The molecule has 126 valence electrons. The Morgan fingerprint density at radius 2 is 2.04 bits per heavy atom. The number of aromatic nitrogens is 2. The Balaban J connectivity index is 1.42. The quantitative estimate of drug-likeness (QED) is 0.911. The molecule has 0 unspecified atom stereocenters. The highest BCUT2D eigenvalue weighted by Crippen LogP contribution is 2.48. The lowest BCUT2D eigenvalue weighted by atomic mass is 9.96. The van der Waals surface area contributed by atoms with Gasteiger partial charge < -0.3 is 5.32 Å². The van der Waals surface area contributed by atoms with Crippen molar-refractivity contribution >= 4 is 11.7 Å². The van der Waals surface area contributed by atoms with Gasteiger partial charge in [0.1, 0.15) is 11.6 Å². The lowest BCUT2D eigenvalue weighted by molar-refractivity contribution is -0.117. The Morgan fingerprint density at radius 1 is 1.21 bits per heavy atom. The van der Waals surface area contributed by atoms with Crippen LogP contribution in [0, 0.1) is 11.7 Å². The molecule has 1 N–H and O–H groups in total. The number of hydrogen-bond donors (Lipinski definition) is 1. The molecule has 2 atom stereocenters. The van der Waals surface area contributed by atoms with Gasteiger partial charge in [0, 0.05) is 12.0 Å². The van der Waals surface area contributed by atoms with Gasteiger partial charge >= 0.3 is 0 Å². The monoisotopic (exact) mass is 327 g/mol. The van der Waals surface area contributed by atoms with E-state index in [1.165, 1.54) is 31.4 Å². The van der Waals surface area contributed by atoms with Crippen LogP contribution in [0.1, 0.15) is 56.0 Å². The van der Waals surface area contributed by atoms with Crippen LogP contribution in [0.15, 0.2) is 36.5 Å². The molecular formula is C19H22FN3O. The Hall–Kier alpha value is -2.17. The normalized spacial score (nSPS) is 23.9. The molecule has 5 heteroatoms. The molecule has 4 nitrogen and oxygen atoms in total. The highest BCUT2D eigenvalue weighted by Gasteiger charge is 2.44. The molecule has 0 radical (unpaired) electrons. The van der Waals surface area contributed by atoms with Gasteiger partial charge in [-0.15, -0.1) is 0 Å². The smallest absolute Gasteiger partial charge is 0.229 e. The second-order valence-corrected chi connectivity index (χ2v) is 6.95. The molecule has 1 amide bonds. The molecule has 2 aromatic rings. The van der Waals surface area contributed by atoms with Gasteiger partial charge in [0.2, 0.25) is 5.91 Å². The van der Waals surface area contributed by atoms with Gasteiger partial charge in [0.15, 0.2) is 0 Å². The zero-order valence-electron chi connectivity index (χ0n) is 13.6. The van der Waals surface area contributed by atoms with Gasteiger partial charge in [-0.05, 0) is 42.9 Å². The Bertz CT molecular complexity index is 736. The van der Waals surface area contributed by atoms with E-state index in [2.05, 4.69) is 10.4 Å². The average Bonchev–Trinajstić information content (AvgIpc) is 3.28. The number of benzene rings is 1. The van der Waals surface area contributed by atoms with Crippen LogP contribution < -0.4 is 5.32 Å². The van der Waals surface area contributed by atoms with Crippen molar-refractivity contribution in [3.8, 4) is 0 Å². The summed E-state index contributed by atoms with van der Waals surface area (Å²) in [4.78, 5) is 12.5. The minimum absolute atomic E-state index is 0.0156. The van der Waals surface area contributed by atoms with Crippen LogP contribution in [0.2, 0.25) is 0 Å². The maximum Gasteiger partial charge on any atom is 0.229 e. The van der Waals surface area contributed by atoms with Crippen LogP contribution in [0.5, 0.6) is 0 Å². The van der Waals surface area contributed by atoms with E-state index in [1.54, 1.807) is 12.3 Å². The summed E-state index contributed by atoms with van der Waals surface area (Å²) < 4.78 is 15.3. The van der Waals surface area contributed by atoms with Gasteiger partial charge in [-0.1, -0.05) is 31.4 Å². The summed E-state index contributed by atoms with van der Waals surface area (Å²) in [6.07, 6.45) is 8.52. The number of nitrogens with zero attached hydrogens (tertiary/aromatic N) is 2. The minimum atomic E-state index is -0.242. The fraction of sp³-hybridized carbons (Fsp3) is 0.474. The summed E-state index contributed by atoms with van der Waals surface area (Å²) in [5.74, 6) is 0.626. The molecule has 0 bridgehead atoms. The number of amides is 1. The van der Waals surface area contributed by atoms with Crippen molar-refractivity contribution in [3.63, 3.8) is 0 Å². The molecule has 1 heterocycles. The number of carbonyl (C=O) groups is 1. The molecule has 2 fully saturated rings. The molecule has 0 aliphatic heterocycles. The van der Waals surface area contributed by atoms with E-state index in [4.69, 9.17) is 0 Å². The highest BCUT2D eigenvalue weighted by atomic mass is 19.1. The van der Waals surface area contributed by atoms with Crippen molar-refractivity contribution in [3.05, 3.63) is 47.9 Å². The van der Waals surface area contributed by atoms with E-state index in [0.29, 0.717) is 6.04 Å². The van der Waals surface area contributed by atoms with E-state index in [-0.39, 0.29) is 23.6 Å². The second kappa shape index (κ2) is 6.38. The van der Waals surface area contributed by atoms with Crippen molar-refractivity contribution in [1.82, 2.24) is 9.78 Å². The molecule has 0 spiro atoms. The number of nitrogens with one attached hydrogen (secondary N) is 1. The van der Waals surface area contributed by atoms with Crippen molar-refractivity contribution in [2.45, 2.75) is 50.5 Å².